The number of hydrogen-bond acceptors (Lipinski definition) is 6. The fourth-order valence-corrected chi connectivity index (χ4v) is 3.70. The van der Waals surface area contributed by atoms with Crippen LogP contribution in [0, 0.1) is 6.92 Å². The van der Waals surface area contributed by atoms with E-state index in [0.29, 0.717) is 22.2 Å². The number of halogens is 1. The van der Waals surface area contributed by atoms with Crippen molar-refractivity contribution in [3.8, 4) is 11.5 Å². The number of benzene rings is 2. The summed E-state index contributed by atoms with van der Waals surface area (Å²) < 4.78 is 10.4. The number of aromatic nitrogens is 1. The molecule has 2 N–H and O–H groups in total. The van der Waals surface area contributed by atoms with E-state index < -0.39 is 11.9 Å². The van der Waals surface area contributed by atoms with Crippen LogP contribution in [0.4, 0.5) is 10.5 Å². The van der Waals surface area contributed by atoms with E-state index in [-0.39, 0.29) is 5.56 Å². The van der Waals surface area contributed by atoms with E-state index in [9.17, 15) is 9.59 Å². The summed E-state index contributed by atoms with van der Waals surface area (Å²) in [7, 11) is 2.87. The topological polar surface area (TPSA) is 89.5 Å². The summed E-state index contributed by atoms with van der Waals surface area (Å²) in [6, 6.07) is 13.4. The van der Waals surface area contributed by atoms with Gasteiger partial charge in [-0.1, -0.05) is 29.4 Å². The van der Waals surface area contributed by atoms with Crippen LogP contribution in [0.1, 0.15) is 15.9 Å². The van der Waals surface area contributed by atoms with Crippen LogP contribution >= 0.6 is 23.4 Å². The van der Waals surface area contributed by atoms with Crippen LogP contribution in [0.5, 0.6) is 11.5 Å². The fourth-order valence-electron chi connectivity index (χ4n) is 2.75. The lowest BCUT2D eigenvalue weighted by molar-refractivity contribution is 0.0961. The molecule has 0 saturated carbocycles. The third kappa shape index (κ3) is 5.68. The molecule has 3 rings (SSSR count). The Hall–Kier alpha value is -3.23. The molecule has 31 heavy (non-hydrogen) atoms. The Kier molecular flexibility index (Phi) is 7.38. The van der Waals surface area contributed by atoms with Gasteiger partial charge in [0.15, 0.2) is 0 Å². The van der Waals surface area contributed by atoms with Crippen LogP contribution in [-0.2, 0) is 0 Å². The molecule has 0 aliphatic rings. The molecule has 3 amide bonds. The van der Waals surface area contributed by atoms with Gasteiger partial charge >= 0.3 is 6.03 Å². The van der Waals surface area contributed by atoms with Crippen molar-refractivity contribution in [1.29, 1.82) is 0 Å². The second-order valence-electron chi connectivity index (χ2n) is 6.35. The highest BCUT2D eigenvalue weighted by Gasteiger charge is 2.20. The van der Waals surface area contributed by atoms with Gasteiger partial charge in [0.25, 0.3) is 5.91 Å². The number of nitrogens with zero attached hydrogens (tertiary/aromatic N) is 1. The van der Waals surface area contributed by atoms with Crippen molar-refractivity contribution in [3.63, 3.8) is 0 Å². The third-order valence-corrected chi connectivity index (χ3v) is 5.58. The summed E-state index contributed by atoms with van der Waals surface area (Å²) in [6.07, 6.45) is 1.53. The van der Waals surface area contributed by atoms with Crippen LogP contribution in [0.15, 0.2) is 64.6 Å². The summed E-state index contributed by atoms with van der Waals surface area (Å²) >= 11 is 7.40. The Morgan fingerprint density at radius 1 is 1.03 bits per heavy atom. The maximum atomic E-state index is 12.6. The normalized spacial score (nSPS) is 10.3. The van der Waals surface area contributed by atoms with Crippen LogP contribution in [0.2, 0.25) is 5.02 Å². The summed E-state index contributed by atoms with van der Waals surface area (Å²) in [5, 5.41) is 6.36. The first-order valence-corrected chi connectivity index (χ1v) is 10.3. The van der Waals surface area contributed by atoms with Gasteiger partial charge in [-0.25, -0.2) is 9.78 Å². The molecule has 3 aromatic rings. The van der Waals surface area contributed by atoms with Crippen molar-refractivity contribution >= 4 is 41.0 Å². The first-order chi connectivity index (χ1) is 14.9. The minimum atomic E-state index is -0.697. The minimum absolute atomic E-state index is 0.131. The van der Waals surface area contributed by atoms with E-state index in [1.807, 2.05) is 31.2 Å². The maximum absolute atomic E-state index is 12.6. The number of carbonyl (C=O) groups excluding carboxylic acids is 2. The number of methoxy groups -OCH3 is 2. The van der Waals surface area contributed by atoms with Crippen molar-refractivity contribution in [2.75, 3.05) is 19.5 Å². The van der Waals surface area contributed by atoms with Gasteiger partial charge in [-0.3, -0.25) is 10.1 Å². The number of ether oxygens (including phenoxy) is 2. The lowest BCUT2D eigenvalue weighted by Crippen LogP contribution is -2.34. The SMILES string of the molecule is COc1cccc(OC)c1C(=O)NC(=O)Nc1cnc(Sc2ccc(Cl)cc2)c(C)c1. The molecule has 0 fully saturated rings. The number of carbonyl (C=O) groups is 2. The maximum Gasteiger partial charge on any atom is 0.326 e. The van der Waals surface area contributed by atoms with Crippen molar-refractivity contribution in [2.45, 2.75) is 16.8 Å². The fraction of sp³-hybridized carbons (Fsp3) is 0.136. The third-order valence-electron chi connectivity index (χ3n) is 4.20. The number of imide groups is 1. The molecule has 1 heterocycles. The molecule has 0 bridgehead atoms. The van der Waals surface area contributed by atoms with Gasteiger partial charge in [-0.2, -0.15) is 0 Å². The number of nitrogens with one attached hydrogen (secondary N) is 2. The van der Waals surface area contributed by atoms with Crippen LogP contribution < -0.4 is 20.1 Å². The Labute approximate surface area is 189 Å². The van der Waals surface area contributed by atoms with Gasteiger partial charge in [-0.05, 0) is 55.0 Å². The predicted molar refractivity (Wildman–Crippen MR) is 121 cm³/mol. The van der Waals surface area contributed by atoms with Crippen molar-refractivity contribution < 1.29 is 19.1 Å². The Bertz CT molecular complexity index is 1080. The van der Waals surface area contributed by atoms with Gasteiger partial charge in [0.1, 0.15) is 22.1 Å². The average Bonchev–Trinajstić information content (AvgIpc) is 2.76. The number of urea groups is 1. The average molecular weight is 458 g/mol. The smallest absolute Gasteiger partial charge is 0.326 e. The molecule has 1 aromatic heterocycles. The molecule has 0 unspecified atom stereocenters. The number of aryl methyl sites for hydroxylation is 1. The second-order valence-corrected chi connectivity index (χ2v) is 7.85. The molecule has 0 atom stereocenters. The lowest BCUT2D eigenvalue weighted by Gasteiger charge is -2.13. The monoisotopic (exact) mass is 457 g/mol. The standard InChI is InChI=1S/C22H20ClN3O4S/c1-13-11-15(12-24-21(13)31-16-9-7-14(23)8-10-16)25-22(28)26-20(27)19-17(29-2)5-4-6-18(19)30-3/h4-12H,1-3H3,(H2,25,26,27,28). The number of rotatable bonds is 6. The summed E-state index contributed by atoms with van der Waals surface area (Å²) in [5.41, 5.74) is 1.46. The Balaban J connectivity index is 1.68. The second kappa shape index (κ2) is 10.2. The number of amides is 3. The molecular formula is C22H20ClN3O4S. The van der Waals surface area contributed by atoms with Crippen LogP contribution in [-0.4, -0.2) is 31.1 Å². The van der Waals surface area contributed by atoms with Crippen molar-refractivity contribution in [3.05, 3.63) is 70.9 Å². The molecule has 2 aromatic carbocycles. The first kappa shape index (κ1) is 22.5. The zero-order chi connectivity index (χ0) is 22.4. The molecule has 0 spiro atoms. The molecule has 160 valence electrons. The molecule has 0 aliphatic carbocycles. The van der Waals surface area contributed by atoms with Crippen molar-refractivity contribution in [1.82, 2.24) is 10.3 Å². The van der Waals surface area contributed by atoms with Gasteiger partial charge in [-0.15, -0.1) is 0 Å². The minimum Gasteiger partial charge on any atom is -0.496 e. The Morgan fingerprint density at radius 3 is 2.26 bits per heavy atom. The van der Waals surface area contributed by atoms with Crippen LogP contribution in [0.3, 0.4) is 0 Å². The molecule has 0 saturated heterocycles. The number of hydrogen-bond donors (Lipinski definition) is 2. The van der Waals surface area contributed by atoms with E-state index in [2.05, 4.69) is 15.6 Å². The first-order valence-electron chi connectivity index (χ1n) is 9.14. The van der Waals surface area contributed by atoms with E-state index in [4.69, 9.17) is 21.1 Å². The van der Waals surface area contributed by atoms with E-state index in [1.54, 1.807) is 24.3 Å². The van der Waals surface area contributed by atoms with E-state index >= 15 is 0 Å². The number of anilines is 1. The molecule has 7 nitrogen and oxygen atoms in total. The van der Waals surface area contributed by atoms with Gasteiger partial charge < -0.3 is 14.8 Å². The molecule has 0 aliphatic heterocycles. The van der Waals surface area contributed by atoms with E-state index in [0.717, 1.165) is 15.5 Å². The summed E-state index contributed by atoms with van der Waals surface area (Å²) in [6.45, 7) is 1.89. The zero-order valence-electron chi connectivity index (χ0n) is 17.1. The zero-order valence-corrected chi connectivity index (χ0v) is 18.6. The van der Waals surface area contributed by atoms with E-state index in [1.165, 1.54) is 32.2 Å². The Morgan fingerprint density at radius 2 is 1.68 bits per heavy atom. The summed E-state index contributed by atoms with van der Waals surface area (Å²) in [5.74, 6) is -0.0529. The van der Waals surface area contributed by atoms with Gasteiger partial charge in [0.05, 0.1) is 26.1 Å². The summed E-state index contributed by atoms with van der Waals surface area (Å²) in [4.78, 5) is 30.3. The highest BCUT2D eigenvalue weighted by atomic mass is 35.5. The molecule has 9 heteroatoms. The predicted octanol–water partition coefficient (Wildman–Crippen LogP) is 5.17. The number of pyridine rings is 1. The van der Waals surface area contributed by atoms with Gasteiger partial charge in [0, 0.05) is 9.92 Å². The van der Waals surface area contributed by atoms with Crippen molar-refractivity contribution in [2.24, 2.45) is 0 Å². The highest BCUT2D eigenvalue weighted by molar-refractivity contribution is 7.99. The van der Waals surface area contributed by atoms with Gasteiger partial charge in [0.2, 0.25) is 0 Å². The highest BCUT2D eigenvalue weighted by Crippen LogP contribution is 2.30. The lowest BCUT2D eigenvalue weighted by atomic mass is 10.1. The quantitative estimate of drug-likeness (QED) is 0.530. The largest absolute Gasteiger partial charge is 0.496 e. The molecular weight excluding hydrogens is 438 g/mol. The molecule has 0 radical (unpaired) electrons. The van der Waals surface area contributed by atoms with Crippen LogP contribution in [0.25, 0.3) is 0 Å².